The molecule has 0 aliphatic rings. The minimum atomic E-state index is 0. The summed E-state index contributed by atoms with van der Waals surface area (Å²) in [7, 11) is 0. The van der Waals surface area contributed by atoms with E-state index in [-0.39, 0.29) is 12.4 Å². The fourth-order valence-electron chi connectivity index (χ4n) is 1.33. The van der Waals surface area contributed by atoms with Crippen LogP contribution in [0.3, 0.4) is 0 Å². The van der Waals surface area contributed by atoms with E-state index in [0.717, 1.165) is 16.8 Å². The predicted molar refractivity (Wildman–Crippen MR) is 52.9 cm³/mol. The van der Waals surface area contributed by atoms with E-state index in [4.69, 9.17) is 5.73 Å². The molecule has 13 heavy (non-hydrogen) atoms. The van der Waals surface area contributed by atoms with Crippen LogP contribution < -0.4 is 5.73 Å². The fourth-order valence-corrected chi connectivity index (χ4v) is 1.33. The lowest BCUT2D eigenvalue weighted by Crippen LogP contribution is -1.97. The van der Waals surface area contributed by atoms with Crippen LogP contribution in [0.15, 0.2) is 18.6 Å². The minimum absolute atomic E-state index is 0. The summed E-state index contributed by atoms with van der Waals surface area (Å²) in [6, 6.07) is 1.92. The third kappa shape index (κ3) is 1.50. The highest BCUT2D eigenvalue weighted by Crippen LogP contribution is 2.12. The maximum Gasteiger partial charge on any atom is 0.117 e. The first-order valence-corrected chi connectivity index (χ1v) is 3.81. The van der Waals surface area contributed by atoms with Crippen molar-refractivity contribution in [2.45, 2.75) is 13.5 Å². The summed E-state index contributed by atoms with van der Waals surface area (Å²) in [5.74, 6) is 0. The third-order valence-corrected chi connectivity index (χ3v) is 1.95. The zero-order chi connectivity index (χ0) is 8.55. The Kier molecular flexibility index (Phi) is 2.85. The molecule has 0 fully saturated rings. The van der Waals surface area contributed by atoms with E-state index in [0.29, 0.717) is 6.54 Å². The molecule has 2 rings (SSSR count). The van der Waals surface area contributed by atoms with E-state index in [2.05, 4.69) is 10.1 Å². The Balaban J connectivity index is 0.000000845. The molecule has 0 unspecified atom stereocenters. The lowest BCUT2D eigenvalue weighted by molar-refractivity contribution is 0.900. The number of halogens is 1. The number of aromatic nitrogens is 3. The first-order valence-electron chi connectivity index (χ1n) is 3.81. The minimum Gasteiger partial charge on any atom is -0.326 e. The number of nitrogens with zero attached hydrogens (tertiary/aromatic N) is 3. The van der Waals surface area contributed by atoms with Crippen molar-refractivity contribution in [2.75, 3.05) is 0 Å². The molecule has 0 atom stereocenters. The van der Waals surface area contributed by atoms with Gasteiger partial charge in [0.1, 0.15) is 6.33 Å². The molecule has 0 saturated carbocycles. The molecule has 0 amide bonds. The number of fused-ring (bicyclic) bond motifs is 1. The van der Waals surface area contributed by atoms with Gasteiger partial charge in [-0.05, 0) is 13.0 Å². The van der Waals surface area contributed by atoms with Gasteiger partial charge in [0.2, 0.25) is 0 Å². The maximum atomic E-state index is 5.59. The second-order valence-corrected chi connectivity index (χ2v) is 2.68. The Morgan fingerprint density at radius 2 is 2.31 bits per heavy atom. The summed E-state index contributed by atoms with van der Waals surface area (Å²) in [4.78, 5) is 3.96. The van der Waals surface area contributed by atoms with Gasteiger partial charge in [-0.15, -0.1) is 12.4 Å². The van der Waals surface area contributed by atoms with Crippen LogP contribution in [0.4, 0.5) is 0 Å². The van der Waals surface area contributed by atoms with Crippen molar-refractivity contribution in [3.05, 3.63) is 29.8 Å². The number of rotatable bonds is 1. The van der Waals surface area contributed by atoms with Gasteiger partial charge in [-0.1, -0.05) is 0 Å². The van der Waals surface area contributed by atoms with Crippen molar-refractivity contribution in [2.24, 2.45) is 5.73 Å². The maximum absolute atomic E-state index is 5.59. The highest BCUT2D eigenvalue weighted by Gasteiger charge is 2.05. The Labute approximate surface area is 82.2 Å². The third-order valence-electron chi connectivity index (χ3n) is 1.95. The van der Waals surface area contributed by atoms with Crippen LogP contribution in [0, 0.1) is 6.92 Å². The fraction of sp³-hybridized carbons (Fsp3) is 0.250. The van der Waals surface area contributed by atoms with Gasteiger partial charge < -0.3 is 5.73 Å². The van der Waals surface area contributed by atoms with E-state index in [1.807, 2.05) is 13.0 Å². The number of aryl methyl sites for hydroxylation is 1. The van der Waals surface area contributed by atoms with Gasteiger partial charge >= 0.3 is 0 Å². The van der Waals surface area contributed by atoms with Crippen LogP contribution in [-0.2, 0) is 6.54 Å². The summed E-state index contributed by atoms with van der Waals surface area (Å²) in [6.07, 6.45) is 3.43. The molecule has 2 N–H and O–H groups in total. The second kappa shape index (κ2) is 3.72. The first-order chi connectivity index (χ1) is 5.83. The average Bonchev–Trinajstić information content (AvgIpc) is 2.40. The molecular weight excluding hydrogens is 188 g/mol. The van der Waals surface area contributed by atoms with Gasteiger partial charge in [-0.25, -0.2) is 9.50 Å². The predicted octanol–water partition coefficient (Wildman–Crippen LogP) is 0.918. The van der Waals surface area contributed by atoms with Crippen LogP contribution in [-0.4, -0.2) is 14.6 Å². The quantitative estimate of drug-likeness (QED) is 0.742. The zero-order valence-electron chi connectivity index (χ0n) is 7.27. The van der Waals surface area contributed by atoms with Crippen LogP contribution in [0.25, 0.3) is 5.52 Å². The van der Waals surface area contributed by atoms with Crippen LogP contribution in [0.5, 0.6) is 0 Å². The smallest absolute Gasteiger partial charge is 0.117 e. The van der Waals surface area contributed by atoms with Gasteiger partial charge in [0, 0.05) is 18.3 Å². The van der Waals surface area contributed by atoms with Gasteiger partial charge in [-0.2, -0.15) is 5.10 Å². The van der Waals surface area contributed by atoms with E-state index >= 15 is 0 Å². The standard InChI is InChI=1S/C8H10N4.ClH/c1-6-7(4-9)8-2-3-10-5-12(8)11-6;/h2-3,5H,4,9H2,1H3;1H. The van der Waals surface area contributed by atoms with E-state index < -0.39 is 0 Å². The van der Waals surface area contributed by atoms with Crippen LogP contribution in [0.1, 0.15) is 11.3 Å². The average molecular weight is 199 g/mol. The summed E-state index contributed by atoms with van der Waals surface area (Å²) >= 11 is 0. The number of hydrogen-bond acceptors (Lipinski definition) is 3. The topological polar surface area (TPSA) is 56.2 Å². The molecule has 2 aromatic rings. The molecule has 70 valence electrons. The summed E-state index contributed by atoms with van der Waals surface area (Å²) in [5, 5.41) is 4.26. The molecule has 0 radical (unpaired) electrons. The molecule has 0 spiro atoms. The monoisotopic (exact) mass is 198 g/mol. The highest BCUT2D eigenvalue weighted by molar-refractivity contribution is 5.85. The van der Waals surface area contributed by atoms with Gasteiger partial charge in [0.05, 0.1) is 11.2 Å². The van der Waals surface area contributed by atoms with Gasteiger partial charge in [0.25, 0.3) is 0 Å². The first kappa shape index (κ1) is 9.95. The van der Waals surface area contributed by atoms with E-state index in [1.54, 1.807) is 17.0 Å². The van der Waals surface area contributed by atoms with Crippen molar-refractivity contribution in [3.63, 3.8) is 0 Å². The van der Waals surface area contributed by atoms with Crippen LogP contribution >= 0.6 is 12.4 Å². The van der Waals surface area contributed by atoms with Crippen LogP contribution in [0.2, 0.25) is 0 Å². The molecule has 0 bridgehead atoms. The molecule has 0 aromatic carbocycles. The molecule has 2 aromatic heterocycles. The lowest BCUT2D eigenvalue weighted by Gasteiger charge is -1.92. The van der Waals surface area contributed by atoms with E-state index in [9.17, 15) is 0 Å². The lowest BCUT2D eigenvalue weighted by atomic mass is 10.2. The SMILES string of the molecule is Cc1nn2cnccc2c1CN.Cl. The van der Waals surface area contributed by atoms with Crippen molar-refractivity contribution in [1.29, 1.82) is 0 Å². The molecule has 0 aliphatic carbocycles. The van der Waals surface area contributed by atoms with Crippen molar-refractivity contribution in [1.82, 2.24) is 14.6 Å². The Hall–Kier alpha value is -1.13. The Morgan fingerprint density at radius 1 is 1.54 bits per heavy atom. The Morgan fingerprint density at radius 3 is 3.00 bits per heavy atom. The van der Waals surface area contributed by atoms with Crippen molar-refractivity contribution < 1.29 is 0 Å². The van der Waals surface area contributed by atoms with E-state index in [1.165, 1.54) is 0 Å². The van der Waals surface area contributed by atoms with Crippen molar-refractivity contribution in [3.8, 4) is 0 Å². The summed E-state index contributed by atoms with van der Waals surface area (Å²) in [6.45, 7) is 2.48. The number of nitrogens with two attached hydrogens (primary N) is 1. The molecule has 2 heterocycles. The molecule has 5 heteroatoms. The second-order valence-electron chi connectivity index (χ2n) is 2.68. The molecule has 0 saturated heterocycles. The Bertz CT molecular complexity index is 409. The van der Waals surface area contributed by atoms with Gasteiger partial charge in [-0.3, -0.25) is 0 Å². The largest absolute Gasteiger partial charge is 0.326 e. The normalized spacial score (nSPS) is 10.0. The molecule has 0 aliphatic heterocycles. The number of hydrogen-bond donors (Lipinski definition) is 1. The zero-order valence-corrected chi connectivity index (χ0v) is 8.08. The summed E-state index contributed by atoms with van der Waals surface area (Å²) in [5.41, 5.74) is 8.71. The summed E-state index contributed by atoms with van der Waals surface area (Å²) < 4.78 is 1.75. The van der Waals surface area contributed by atoms with Gasteiger partial charge in [0.15, 0.2) is 0 Å². The molecular formula is C8H11ClN4. The molecule has 4 nitrogen and oxygen atoms in total. The van der Waals surface area contributed by atoms with Crippen molar-refractivity contribution >= 4 is 17.9 Å². The highest BCUT2D eigenvalue weighted by atomic mass is 35.5.